The summed E-state index contributed by atoms with van der Waals surface area (Å²) in [5, 5.41) is 11.7. The van der Waals surface area contributed by atoms with Gasteiger partial charge in [0, 0.05) is 19.6 Å². The van der Waals surface area contributed by atoms with Crippen molar-refractivity contribution in [2.24, 2.45) is 17.3 Å². The highest BCUT2D eigenvalue weighted by Gasteiger charge is 2.30. The third-order valence-corrected chi connectivity index (χ3v) is 3.42. The van der Waals surface area contributed by atoms with Crippen LogP contribution in [0.3, 0.4) is 0 Å². The number of carbonyl (C=O) groups is 2. The first-order valence-corrected chi connectivity index (χ1v) is 6.48. The first-order chi connectivity index (χ1) is 8.22. The average Bonchev–Trinajstić information content (AvgIpc) is 2.24. The lowest BCUT2D eigenvalue weighted by Crippen LogP contribution is -2.50. The van der Waals surface area contributed by atoms with Crippen LogP contribution in [0.15, 0.2) is 0 Å². The van der Waals surface area contributed by atoms with E-state index in [0.717, 1.165) is 19.5 Å². The number of likely N-dealkylation sites (tertiary alicyclic amines) is 1. The standard InChI is InChI=1S/C13H24N2O3/c1-9-5-10(2)7-15(6-9)12(18)14-8-13(3,4)11(16)17/h9-10H,5-8H2,1-4H3,(H,14,18)(H,16,17). The molecular formula is C13H24N2O3. The lowest BCUT2D eigenvalue weighted by molar-refractivity contribution is -0.146. The number of nitrogens with one attached hydrogen (secondary N) is 1. The minimum absolute atomic E-state index is 0.150. The molecule has 104 valence electrons. The Kier molecular flexibility index (Phi) is 4.59. The molecule has 2 N–H and O–H groups in total. The maximum Gasteiger partial charge on any atom is 0.317 e. The zero-order valence-electron chi connectivity index (χ0n) is 11.7. The fourth-order valence-corrected chi connectivity index (χ4v) is 2.31. The van der Waals surface area contributed by atoms with Crippen LogP contribution in [0, 0.1) is 17.3 Å². The van der Waals surface area contributed by atoms with Crippen molar-refractivity contribution in [3.63, 3.8) is 0 Å². The molecule has 1 fully saturated rings. The summed E-state index contributed by atoms with van der Waals surface area (Å²) < 4.78 is 0. The largest absolute Gasteiger partial charge is 0.481 e. The Bertz CT molecular complexity index is 318. The van der Waals surface area contributed by atoms with Gasteiger partial charge in [0.25, 0.3) is 0 Å². The fraction of sp³-hybridized carbons (Fsp3) is 0.846. The van der Waals surface area contributed by atoms with Gasteiger partial charge in [0.05, 0.1) is 5.41 Å². The number of carbonyl (C=O) groups excluding carboxylic acids is 1. The van der Waals surface area contributed by atoms with Crippen molar-refractivity contribution in [1.29, 1.82) is 0 Å². The topological polar surface area (TPSA) is 69.6 Å². The third kappa shape index (κ3) is 3.89. The van der Waals surface area contributed by atoms with E-state index < -0.39 is 11.4 Å². The van der Waals surface area contributed by atoms with E-state index in [9.17, 15) is 9.59 Å². The van der Waals surface area contributed by atoms with Crippen molar-refractivity contribution in [2.75, 3.05) is 19.6 Å². The second-order valence-electron chi connectivity index (χ2n) is 6.20. The van der Waals surface area contributed by atoms with Gasteiger partial charge >= 0.3 is 12.0 Å². The van der Waals surface area contributed by atoms with E-state index in [4.69, 9.17) is 5.11 Å². The van der Waals surface area contributed by atoms with Crippen LogP contribution in [0.1, 0.15) is 34.1 Å². The number of aliphatic carboxylic acids is 1. The summed E-state index contributed by atoms with van der Waals surface area (Å²) >= 11 is 0. The van der Waals surface area contributed by atoms with E-state index in [1.807, 2.05) is 0 Å². The third-order valence-electron chi connectivity index (χ3n) is 3.42. The molecule has 1 heterocycles. The number of carboxylic acids is 1. The molecule has 2 unspecified atom stereocenters. The second-order valence-corrected chi connectivity index (χ2v) is 6.20. The molecule has 0 bridgehead atoms. The van der Waals surface area contributed by atoms with Crippen LogP contribution in [-0.4, -0.2) is 41.6 Å². The number of amides is 2. The first kappa shape index (κ1) is 14.8. The molecule has 0 aromatic rings. The highest BCUT2D eigenvalue weighted by Crippen LogP contribution is 2.21. The Hall–Kier alpha value is -1.26. The van der Waals surface area contributed by atoms with Crippen LogP contribution in [-0.2, 0) is 4.79 Å². The van der Waals surface area contributed by atoms with Crippen LogP contribution in [0.4, 0.5) is 4.79 Å². The molecule has 0 aromatic carbocycles. The summed E-state index contributed by atoms with van der Waals surface area (Å²) in [6.07, 6.45) is 1.14. The van der Waals surface area contributed by atoms with Gasteiger partial charge in [-0.15, -0.1) is 0 Å². The summed E-state index contributed by atoms with van der Waals surface area (Å²) in [4.78, 5) is 24.7. The van der Waals surface area contributed by atoms with E-state index in [1.165, 1.54) is 0 Å². The van der Waals surface area contributed by atoms with Crippen LogP contribution >= 0.6 is 0 Å². The lowest BCUT2D eigenvalue weighted by Gasteiger charge is -2.35. The molecular weight excluding hydrogens is 232 g/mol. The number of piperidine rings is 1. The molecule has 0 aromatic heterocycles. The molecule has 1 rings (SSSR count). The normalized spacial score (nSPS) is 24.8. The summed E-state index contributed by atoms with van der Waals surface area (Å²) in [5.74, 6) is 0.113. The molecule has 0 aliphatic carbocycles. The van der Waals surface area contributed by atoms with Crippen molar-refractivity contribution in [3.8, 4) is 0 Å². The molecule has 5 nitrogen and oxygen atoms in total. The van der Waals surface area contributed by atoms with Crippen molar-refractivity contribution in [1.82, 2.24) is 10.2 Å². The van der Waals surface area contributed by atoms with Gasteiger partial charge in [0.1, 0.15) is 0 Å². The van der Waals surface area contributed by atoms with Crippen molar-refractivity contribution < 1.29 is 14.7 Å². The summed E-state index contributed by atoms with van der Waals surface area (Å²) in [5.41, 5.74) is -0.928. The van der Waals surface area contributed by atoms with Gasteiger partial charge in [0.2, 0.25) is 0 Å². The molecule has 0 saturated carbocycles. The zero-order chi connectivity index (χ0) is 13.9. The predicted molar refractivity (Wildman–Crippen MR) is 69.3 cm³/mol. The summed E-state index contributed by atoms with van der Waals surface area (Å²) in [7, 11) is 0. The smallest absolute Gasteiger partial charge is 0.317 e. The Labute approximate surface area is 109 Å². The minimum Gasteiger partial charge on any atom is -0.481 e. The Morgan fingerprint density at radius 1 is 1.28 bits per heavy atom. The molecule has 5 heteroatoms. The van der Waals surface area contributed by atoms with Gasteiger partial charge < -0.3 is 15.3 Å². The monoisotopic (exact) mass is 256 g/mol. The predicted octanol–water partition coefficient (Wildman–Crippen LogP) is 1.78. The SMILES string of the molecule is CC1CC(C)CN(C(=O)NCC(C)(C)C(=O)O)C1. The number of rotatable bonds is 3. The second kappa shape index (κ2) is 5.59. The van der Waals surface area contributed by atoms with Gasteiger partial charge in [-0.3, -0.25) is 4.79 Å². The molecule has 2 amide bonds. The Morgan fingerprint density at radius 3 is 2.22 bits per heavy atom. The number of nitrogens with zero attached hydrogens (tertiary/aromatic N) is 1. The van der Waals surface area contributed by atoms with Crippen LogP contribution in [0.5, 0.6) is 0 Å². The van der Waals surface area contributed by atoms with E-state index in [0.29, 0.717) is 11.8 Å². The zero-order valence-corrected chi connectivity index (χ0v) is 11.7. The average molecular weight is 256 g/mol. The Morgan fingerprint density at radius 2 is 1.78 bits per heavy atom. The molecule has 0 radical (unpaired) electrons. The molecule has 2 atom stereocenters. The van der Waals surface area contributed by atoms with Gasteiger partial charge in [-0.2, -0.15) is 0 Å². The first-order valence-electron chi connectivity index (χ1n) is 6.48. The van der Waals surface area contributed by atoms with Crippen LogP contribution in [0.2, 0.25) is 0 Å². The quantitative estimate of drug-likeness (QED) is 0.808. The number of hydrogen-bond donors (Lipinski definition) is 2. The van der Waals surface area contributed by atoms with Gasteiger partial charge in [-0.25, -0.2) is 4.79 Å². The van der Waals surface area contributed by atoms with E-state index in [2.05, 4.69) is 19.2 Å². The Balaban J connectivity index is 2.48. The van der Waals surface area contributed by atoms with Crippen LogP contribution in [0.25, 0.3) is 0 Å². The fourth-order valence-electron chi connectivity index (χ4n) is 2.31. The lowest BCUT2D eigenvalue weighted by atomic mass is 9.92. The van der Waals surface area contributed by atoms with Crippen molar-refractivity contribution in [2.45, 2.75) is 34.1 Å². The van der Waals surface area contributed by atoms with Crippen molar-refractivity contribution in [3.05, 3.63) is 0 Å². The van der Waals surface area contributed by atoms with E-state index >= 15 is 0 Å². The molecule has 1 aliphatic heterocycles. The van der Waals surface area contributed by atoms with Crippen molar-refractivity contribution >= 4 is 12.0 Å². The highest BCUT2D eigenvalue weighted by molar-refractivity contribution is 5.77. The number of urea groups is 1. The number of hydrogen-bond acceptors (Lipinski definition) is 2. The van der Waals surface area contributed by atoms with E-state index in [-0.39, 0.29) is 12.6 Å². The van der Waals surface area contributed by atoms with Gasteiger partial charge in [-0.1, -0.05) is 13.8 Å². The summed E-state index contributed by atoms with van der Waals surface area (Å²) in [6, 6.07) is -0.150. The maximum absolute atomic E-state index is 12.0. The molecule has 18 heavy (non-hydrogen) atoms. The maximum atomic E-state index is 12.0. The van der Waals surface area contributed by atoms with Gasteiger partial charge in [0.15, 0.2) is 0 Å². The molecule has 0 spiro atoms. The number of carboxylic acid groups (broad SMARTS) is 1. The molecule has 1 aliphatic rings. The minimum atomic E-state index is -0.928. The molecule has 1 saturated heterocycles. The van der Waals surface area contributed by atoms with E-state index in [1.54, 1.807) is 18.7 Å². The van der Waals surface area contributed by atoms with Crippen LogP contribution < -0.4 is 5.32 Å². The highest BCUT2D eigenvalue weighted by atomic mass is 16.4. The summed E-state index contributed by atoms with van der Waals surface area (Å²) in [6.45, 7) is 9.15. The van der Waals surface area contributed by atoms with Gasteiger partial charge in [-0.05, 0) is 32.1 Å².